The molecule has 28 heavy (non-hydrogen) atoms. The lowest BCUT2D eigenvalue weighted by Gasteiger charge is -2.16. The molecule has 2 amide bonds. The van der Waals surface area contributed by atoms with Crippen molar-refractivity contribution >= 4 is 23.6 Å². The molecule has 0 radical (unpaired) electrons. The van der Waals surface area contributed by atoms with E-state index in [1.165, 1.54) is 16.7 Å². The molecular weight excluding hydrogens is 376 g/mol. The molecule has 0 saturated heterocycles. The van der Waals surface area contributed by atoms with Crippen molar-refractivity contribution in [2.75, 3.05) is 19.3 Å². The Morgan fingerprint density at radius 3 is 2.89 bits per heavy atom. The number of aromatic nitrogens is 2. The first-order valence-corrected chi connectivity index (χ1v) is 9.77. The molecule has 3 aromatic rings. The predicted molar refractivity (Wildman–Crippen MR) is 107 cm³/mol. The number of furan rings is 1. The second-order valence-electron chi connectivity index (χ2n) is 6.31. The first-order chi connectivity index (χ1) is 13.5. The van der Waals surface area contributed by atoms with Gasteiger partial charge in [-0.25, -0.2) is 4.98 Å². The summed E-state index contributed by atoms with van der Waals surface area (Å²) in [6.07, 6.45) is 5.13. The third-order valence-corrected chi connectivity index (χ3v) is 5.01. The fourth-order valence-electron chi connectivity index (χ4n) is 2.57. The number of rotatable bonds is 8. The van der Waals surface area contributed by atoms with Crippen molar-refractivity contribution in [2.24, 2.45) is 0 Å². The smallest absolute Gasteiger partial charge is 0.239 e. The molecule has 2 aromatic heterocycles. The van der Waals surface area contributed by atoms with E-state index in [0.29, 0.717) is 12.3 Å². The van der Waals surface area contributed by atoms with Crippen LogP contribution in [0.15, 0.2) is 64.6 Å². The number of hydrogen-bond acceptors (Lipinski definition) is 5. The number of imidazole rings is 1. The molecule has 0 fully saturated rings. The Hall–Kier alpha value is -3.00. The van der Waals surface area contributed by atoms with E-state index in [4.69, 9.17) is 4.42 Å². The van der Waals surface area contributed by atoms with E-state index in [9.17, 15) is 9.59 Å². The van der Waals surface area contributed by atoms with Crippen LogP contribution in [0.3, 0.4) is 0 Å². The summed E-state index contributed by atoms with van der Waals surface area (Å²) in [5, 5.41) is 3.46. The third kappa shape index (κ3) is 5.26. The number of benzene rings is 1. The molecule has 0 aliphatic heterocycles. The van der Waals surface area contributed by atoms with Crippen LogP contribution in [0.1, 0.15) is 11.3 Å². The maximum absolute atomic E-state index is 12.4. The van der Waals surface area contributed by atoms with E-state index in [-0.39, 0.29) is 24.1 Å². The van der Waals surface area contributed by atoms with Gasteiger partial charge in [-0.1, -0.05) is 23.9 Å². The van der Waals surface area contributed by atoms with Crippen LogP contribution in [0.2, 0.25) is 0 Å². The average Bonchev–Trinajstić information content (AvgIpc) is 3.36. The maximum atomic E-state index is 12.4. The summed E-state index contributed by atoms with van der Waals surface area (Å²) in [5.41, 5.74) is 2.15. The van der Waals surface area contributed by atoms with Crippen LogP contribution < -0.4 is 5.32 Å². The van der Waals surface area contributed by atoms with Gasteiger partial charge in [-0.2, -0.15) is 0 Å². The van der Waals surface area contributed by atoms with Crippen LogP contribution in [-0.4, -0.2) is 45.6 Å². The van der Waals surface area contributed by atoms with Crippen molar-refractivity contribution < 1.29 is 14.0 Å². The lowest BCUT2D eigenvalue weighted by atomic mass is 10.2. The Labute approximate surface area is 167 Å². The Morgan fingerprint density at radius 1 is 1.29 bits per heavy atom. The molecule has 0 atom stereocenters. The van der Waals surface area contributed by atoms with E-state index < -0.39 is 0 Å². The lowest BCUT2D eigenvalue weighted by Crippen LogP contribution is -2.38. The largest absolute Gasteiger partial charge is 0.467 e. The van der Waals surface area contributed by atoms with Crippen molar-refractivity contribution in [3.8, 4) is 5.69 Å². The molecule has 7 nitrogen and oxygen atoms in total. The Morgan fingerprint density at radius 2 is 2.14 bits per heavy atom. The standard InChI is InChI=1S/C20H22N4O3S/c1-15-5-3-6-16(11-15)24-9-8-21-20(24)28-14-19(26)23(2)13-18(25)22-12-17-7-4-10-27-17/h3-11H,12-14H2,1-2H3,(H,22,25). The van der Waals surface area contributed by atoms with Crippen LogP contribution in [0.25, 0.3) is 5.69 Å². The van der Waals surface area contributed by atoms with Crippen molar-refractivity contribution in [3.63, 3.8) is 0 Å². The number of thioether (sulfide) groups is 1. The average molecular weight is 398 g/mol. The molecule has 0 unspecified atom stereocenters. The zero-order valence-corrected chi connectivity index (χ0v) is 16.6. The second-order valence-corrected chi connectivity index (χ2v) is 7.26. The number of likely N-dealkylation sites (N-methyl/N-ethyl adjacent to an activating group) is 1. The highest BCUT2D eigenvalue weighted by molar-refractivity contribution is 7.99. The number of carbonyl (C=O) groups is 2. The number of amides is 2. The topological polar surface area (TPSA) is 80.4 Å². The van der Waals surface area contributed by atoms with Crippen molar-refractivity contribution in [2.45, 2.75) is 18.6 Å². The van der Waals surface area contributed by atoms with E-state index in [1.54, 1.807) is 31.6 Å². The Bertz CT molecular complexity index is 937. The number of nitrogens with one attached hydrogen (secondary N) is 1. The molecule has 0 spiro atoms. The molecule has 0 bridgehead atoms. The summed E-state index contributed by atoms with van der Waals surface area (Å²) in [6, 6.07) is 11.6. The Kier molecular flexibility index (Phi) is 6.54. The van der Waals surface area contributed by atoms with Gasteiger partial charge in [-0.3, -0.25) is 14.2 Å². The highest BCUT2D eigenvalue weighted by atomic mass is 32.2. The molecule has 3 rings (SSSR count). The van der Waals surface area contributed by atoms with Crippen LogP contribution in [0, 0.1) is 6.92 Å². The van der Waals surface area contributed by atoms with Gasteiger partial charge in [0, 0.05) is 25.1 Å². The normalized spacial score (nSPS) is 10.6. The van der Waals surface area contributed by atoms with Crippen molar-refractivity contribution in [1.82, 2.24) is 19.8 Å². The molecule has 0 aliphatic rings. The van der Waals surface area contributed by atoms with E-state index >= 15 is 0 Å². The number of nitrogens with zero attached hydrogens (tertiary/aromatic N) is 3. The van der Waals surface area contributed by atoms with Gasteiger partial charge in [0.1, 0.15) is 5.76 Å². The quantitative estimate of drug-likeness (QED) is 0.590. The molecule has 1 aromatic carbocycles. The minimum atomic E-state index is -0.237. The third-order valence-electron chi connectivity index (χ3n) is 4.06. The van der Waals surface area contributed by atoms with Crippen LogP contribution in [-0.2, 0) is 16.1 Å². The first kappa shape index (κ1) is 19.8. The summed E-state index contributed by atoms with van der Waals surface area (Å²) >= 11 is 1.34. The molecular formula is C20H22N4O3S. The SMILES string of the molecule is Cc1cccc(-n2ccnc2SCC(=O)N(C)CC(=O)NCc2ccco2)c1. The van der Waals surface area contributed by atoms with E-state index in [0.717, 1.165) is 16.4 Å². The zero-order valence-electron chi connectivity index (χ0n) is 15.8. The van der Waals surface area contributed by atoms with Gasteiger partial charge in [-0.15, -0.1) is 0 Å². The minimum Gasteiger partial charge on any atom is -0.467 e. The summed E-state index contributed by atoms with van der Waals surface area (Å²) < 4.78 is 7.11. The van der Waals surface area contributed by atoms with Gasteiger partial charge in [0.15, 0.2) is 5.16 Å². The van der Waals surface area contributed by atoms with Crippen molar-refractivity contribution in [1.29, 1.82) is 0 Å². The number of aryl methyl sites for hydroxylation is 1. The highest BCUT2D eigenvalue weighted by Gasteiger charge is 2.15. The molecule has 146 valence electrons. The van der Waals surface area contributed by atoms with Gasteiger partial charge >= 0.3 is 0 Å². The van der Waals surface area contributed by atoms with Crippen molar-refractivity contribution in [3.05, 3.63) is 66.4 Å². The second kappa shape index (κ2) is 9.27. The monoisotopic (exact) mass is 398 g/mol. The van der Waals surface area contributed by atoms with Gasteiger partial charge in [-0.05, 0) is 36.8 Å². The minimum absolute atomic E-state index is 0.00752. The zero-order chi connectivity index (χ0) is 19.9. The molecule has 1 N–H and O–H groups in total. The summed E-state index contributed by atoms with van der Waals surface area (Å²) in [6.45, 7) is 2.33. The van der Waals surface area contributed by atoms with Crippen LogP contribution >= 0.6 is 11.8 Å². The van der Waals surface area contributed by atoms with Gasteiger partial charge in [0.2, 0.25) is 11.8 Å². The fourth-order valence-corrected chi connectivity index (χ4v) is 3.48. The van der Waals surface area contributed by atoms with Gasteiger partial charge in [0.05, 0.1) is 25.1 Å². The van der Waals surface area contributed by atoms with E-state index in [1.807, 2.05) is 35.9 Å². The van der Waals surface area contributed by atoms with Gasteiger partial charge in [0.25, 0.3) is 0 Å². The van der Waals surface area contributed by atoms with E-state index in [2.05, 4.69) is 16.4 Å². The molecule has 8 heteroatoms. The van der Waals surface area contributed by atoms with Gasteiger partial charge < -0.3 is 14.6 Å². The summed E-state index contributed by atoms with van der Waals surface area (Å²) in [4.78, 5) is 30.1. The fraction of sp³-hybridized carbons (Fsp3) is 0.250. The molecule has 0 aliphatic carbocycles. The number of carbonyl (C=O) groups excluding carboxylic acids is 2. The maximum Gasteiger partial charge on any atom is 0.239 e. The summed E-state index contributed by atoms with van der Waals surface area (Å²) in [5.74, 6) is 0.487. The van der Waals surface area contributed by atoms with Crippen LogP contribution in [0.5, 0.6) is 0 Å². The Balaban J connectivity index is 1.50. The number of hydrogen-bond donors (Lipinski definition) is 1. The first-order valence-electron chi connectivity index (χ1n) is 8.79. The molecule has 0 saturated carbocycles. The molecule has 2 heterocycles. The highest BCUT2D eigenvalue weighted by Crippen LogP contribution is 2.21. The summed E-state index contributed by atoms with van der Waals surface area (Å²) in [7, 11) is 1.61. The lowest BCUT2D eigenvalue weighted by molar-refractivity contribution is -0.132. The van der Waals surface area contributed by atoms with Crippen LogP contribution in [0.4, 0.5) is 0 Å². The predicted octanol–water partition coefficient (Wildman–Crippen LogP) is 2.64.